The summed E-state index contributed by atoms with van der Waals surface area (Å²) in [5, 5.41) is 1.51. The van der Waals surface area contributed by atoms with Crippen LogP contribution in [-0.2, 0) is 12.8 Å². The Morgan fingerprint density at radius 2 is 1.26 bits per heavy atom. The fourth-order valence-corrected chi connectivity index (χ4v) is 4.46. The van der Waals surface area contributed by atoms with Crippen molar-refractivity contribution in [3.05, 3.63) is 107 Å². The summed E-state index contributed by atoms with van der Waals surface area (Å²) in [5.41, 5.74) is 6.33. The summed E-state index contributed by atoms with van der Waals surface area (Å²) in [6, 6.07) is 26.8. The minimum atomic E-state index is -0.246. The van der Waals surface area contributed by atoms with Crippen molar-refractivity contribution in [2.45, 2.75) is 65.2 Å². The lowest BCUT2D eigenvalue weighted by Gasteiger charge is -2.07. The van der Waals surface area contributed by atoms with Gasteiger partial charge in [-0.15, -0.1) is 0 Å². The molecule has 0 unspecified atom stereocenters. The minimum absolute atomic E-state index is 0.246. The maximum atomic E-state index is 15.2. The number of aryl methyl sites for hydroxylation is 2. The molecule has 0 bridgehead atoms. The molecular weight excluding hydrogens is 427 g/mol. The third-order valence-electron chi connectivity index (χ3n) is 6.67. The highest BCUT2D eigenvalue weighted by Gasteiger charge is 2.08. The van der Waals surface area contributed by atoms with Crippen LogP contribution in [0, 0.1) is 17.7 Å². The van der Waals surface area contributed by atoms with Crippen molar-refractivity contribution in [2.75, 3.05) is 0 Å². The van der Waals surface area contributed by atoms with Crippen molar-refractivity contribution in [3.8, 4) is 23.0 Å². The molecule has 178 valence electrons. The molecule has 1 heteroatoms. The van der Waals surface area contributed by atoms with Gasteiger partial charge in [0.15, 0.2) is 0 Å². The molecule has 0 nitrogen and oxygen atoms in total. The second-order valence-corrected chi connectivity index (χ2v) is 9.42. The Balaban J connectivity index is 1.48. The monoisotopic (exact) mass is 462 g/mol. The highest BCUT2D eigenvalue weighted by molar-refractivity contribution is 5.89. The van der Waals surface area contributed by atoms with Crippen LogP contribution in [0.25, 0.3) is 21.9 Å². The highest BCUT2D eigenvalue weighted by atomic mass is 19.1. The molecule has 0 aliphatic rings. The Bertz CT molecular complexity index is 1300. The second kappa shape index (κ2) is 12.4. The lowest BCUT2D eigenvalue weighted by atomic mass is 9.98. The molecule has 0 aliphatic carbocycles. The SMILES string of the molecule is CCCCCCc1ccc(C#Cc2ccc3cc(-c4ccc(CCCC)cc4)ccc3c2F)cc1. The molecular formula is C34H35F. The van der Waals surface area contributed by atoms with Crippen LogP contribution in [0.5, 0.6) is 0 Å². The van der Waals surface area contributed by atoms with Crippen molar-refractivity contribution in [2.24, 2.45) is 0 Å². The Labute approximate surface area is 210 Å². The van der Waals surface area contributed by atoms with Gasteiger partial charge in [0.05, 0.1) is 5.56 Å². The van der Waals surface area contributed by atoms with E-state index in [2.05, 4.69) is 68.2 Å². The third-order valence-corrected chi connectivity index (χ3v) is 6.67. The van der Waals surface area contributed by atoms with E-state index in [4.69, 9.17) is 0 Å². The van der Waals surface area contributed by atoms with E-state index in [1.165, 1.54) is 49.7 Å². The number of rotatable bonds is 9. The maximum Gasteiger partial charge on any atom is 0.146 e. The molecule has 0 heterocycles. The molecule has 0 amide bonds. The molecule has 0 N–H and O–H groups in total. The van der Waals surface area contributed by atoms with Gasteiger partial charge in [-0.25, -0.2) is 4.39 Å². The first-order valence-electron chi connectivity index (χ1n) is 13.1. The van der Waals surface area contributed by atoms with Gasteiger partial charge >= 0.3 is 0 Å². The van der Waals surface area contributed by atoms with Crippen LogP contribution in [0.4, 0.5) is 4.39 Å². The van der Waals surface area contributed by atoms with E-state index in [0.717, 1.165) is 34.9 Å². The topological polar surface area (TPSA) is 0 Å². The van der Waals surface area contributed by atoms with Crippen molar-refractivity contribution >= 4 is 10.8 Å². The van der Waals surface area contributed by atoms with Gasteiger partial charge < -0.3 is 0 Å². The quantitative estimate of drug-likeness (QED) is 0.172. The molecule has 0 fully saturated rings. The van der Waals surface area contributed by atoms with E-state index in [1.54, 1.807) is 6.07 Å². The summed E-state index contributed by atoms with van der Waals surface area (Å²) < 4.78 is 15.2. The number of fused-ring (bicyclic) bond motifs is 1. The molecule has 35 heavy (non-hydrogen) atoms. The van der Waals surface area contributed by atoms with Crippen LogP contribution < -0.4 is 0 Å². The zero-order valence-corrected chi connectivity index (χ0v) is 21.0. The van der Waals surface area contributed by atoms with Crippen molar-refractivity contribution < 1.29 is 4.39 Å². The molecule has 4 aromatic rings. The molecule has 4 aromatic carbocycles. The van der Waals surface area contributed by atoms with Gasteiger partial charge in [-0.05, 0) is 77.6 Å². The van der Waals surface area contributed by atoms with Crippen LogP contribution in [-0.4, -0.2) is 0 Å². The summed E-state index contributed by atoms with van der Waals surface area (Å²) in [4.78, 5) is 0. The normalized spacial score (nSPS) is 10.8. The zero-order chi connectivity index (χ0) is 24.5. The van der Waals surface area contributed by atoms with Crippen molar-refractivity contribution in [3.63, 3.8) is 0 Å². The Kier molecular flexibility index (Phi) is 8.74. The van der Waals surface area contributed by atoms with Crippen molar-refractivity contribution in [1.82, 2.24) is 0 Å². The van der Waals surface area contributed by atoms with E-state index >= 15 is 4.39 Å². The average Bonchev–Trinajstić information content (AvgIpc) is 2.90. The number of hydrogen-bond acceptors (Lipinski definition) is 0. The van der Waals surface area contributed by atoms with Crippen LogP contribution in [0.1, 0.15) is 74.6 Å². The first kappa shape index (κ1) is 24.7. The molecule has 0 saturated heterocycles. The van der Waals surface area contributed by atoms with Crippen LogP contribution in [0.2, 0.25) is 0 Å². The highest BCUT2D eigenvalue weighted by Crippen LogP contribution is 2.28. The van der Waals surface area contributed by atoms with Gasteiger partial charge in [-0.2, -0.15) is 0 Å². The summed E-state index contributed by atoms with van der Waals surface area (Å²) in [5.74, 6) is 5.94. The molecule has 0 aromatic heterocycles. The first-order chi connectivity index (χ1) is 17.2. The molecule has 0 radical (unpaired) electrons. The fraction of sp³-hybridized carbons (Fsp3) is 0.294. The summed E-state index contributed by atoms with van der Waals surface area (Å²) in [6.45, 7) is 4.45. The van der Waals surface area contributed by atoms with Gasteiger partial charge in [0.1, 0.15) is 5.82 Å². The van der Waals surface area contributed by atoms with Gasteiger partial charge in [0.25, 0.3) is 0 Å². The summed E-state index contributed by atoms with van der Waals surface area (Å²) >= 11 is 0. The summed E-state index contributed by atoms with van der Waals surface area (Å²) in [6.07, 6.45) is 9.71. The van der Waals surface area contributed by atoms with Crippen molar-refractivity contribution in [1.29, 1.82) is 0 Å². The molecule has 0 spiro atoms. The second-order valence-electron chi connectivity index (χ2n) is 9.42. The van der Waals surface area contributed by atoms with Crippen LogP contribution >= 0.6 is 0 Å². The predicted octanol–water partition coefficient (Wildman–Crippen LogP) is 9.51. The van der Waals surface area contributed by atoms with Gasteiger partial charge in [0, 0.05) is 10.9 Å². The maximum absolute atomic E-state index is 15.2. The van der Waals surface area contributed by atoms with E-state index in [9.17, 15) is 0 Å². The van der Waals surface area contributed by atoms with E-state index in [-0.39, 0.29) is 5.82 Å². The van der Waals surface area contributed by atoms with Gasteiger partial charge in [-0.1, -0.05) is 106 Å². The number of benzene rings is 4. The molecule has 4 rings (SSSR count). The fourth-order valence-electron chi connectivity index (χ4n) is 4.46. The van der Waals surface area contributed by atoms with Crippen LogP contribution in [0.15, 0.2) is 78.9 Å². The number of hydrogen-bond donors (Lipinski definition) is 0. The first-order valence-corrected chi connectivity index (χ1v) is 13.1. The number of unbranched alkanes of at least 4 members (excludes halogenated alkanes) is 4. The Morgan fingerprint density at radius 3 is 1.97 bits per heavy atom. The van der Waals surface area contributed by atoms with Gasteiger partial charge in [-0.3, -0.25) is 0 Å². The van der Waals surface area contributed by atoms with E-state index in [0.29, 0.717) is 10.9 Å². The van der Waals surface area contributed by atoms with Gasteiger partial charge in [0.2, 0.25) is 0 Å². The lowest BCUT2D eigenvalue weighted by molar-refractivity contribution is 0.636. The minimum Gasteiger partial charge on any atom is -0.205 e. The third kappa shape index (κ3) is 6.61. The largest absolute Gasteiger partial charge is 0.205 e. The Morgan fingerprint density at radius 1 is 0.600 bits per heavy atom. The smallest absolute Gasteiger partial charge is 0.146 e. The Hall–Kier alpha value is -3.37. The van der Waals surface area contributed by atoms with E-state index in [1.807, 2.05) is 30.3 Å². The number of halogens is 1. The molecule has 0 saturated carbocycles. The summed E-state index contributed by atoms with van der Waals surface area (Å²) in [7, 11) is 0. The average molecular weight is 463 g/mol. The van der Waals surface area contributed by atoms with E-state index < -0.39 is 0 Å². The van der Waals surface area contributed by atoms with Crippen LogP contribution in [0.3, 0.4) is 0 Å². The molecule has 0 aliphatic heterocycles. The molecule has 0 atom stereocenters. The zero-order valence-electron chi connectivity index (χ0n) is 21.0. The lowest BCUT2D eigenvalue weighted by Crippen LogP contribution is -1.89. The standard InChI is InChI=1S/C34H35F/c1-3-5-7-8-10-27-11-13-28(14-12-27)17-20-30-21-22-32-25-31(23-24-33(32)34(30)35)29-18-15-26(16-19-29)9-6-4-2/h11-16,18-19,21-25H,3-10H2,1-2H3. The predicted molar refractivity (Wildman–Crippen MR) is 148 cm³/mol.